The summed E-state index contributed by atoms with van der Waals surface area (Å²) in [6.45, 7) is 3.54. The molecule has 0 saturated carbocycles. The van der Waals surface area contributed by atoms with Gasteiger partial charge in [-0.15, -0.1) is 0 Å². The third-order valence-electron chi connectivity index (χ3n) is 5.07. The highest BCUT2D eigenvalue weighted by atomic mass is 16.4. The van der Waals surface area contributed by atoms with Gasteiger partial charge in [0, 0.05) is 43.8 Å². The van der Waals surface area contributed by atoms with Gasteiger partial charge in [-0.25, -0.2) is 4.79 Å². The minimum atomic E-state index is -0.954. The number of benzene rings is 2. The van der Waals surface area contributed by atoms with Gasteiger partial charge in [0.25, 0.3) is 5.91 Å². The van der Waals surface area contributed by atoms with Crippen molar-refractivity contribution in [3.8, 4) is 0 Å². The number of carbonyl (C=O) groups is 4. The van der Waals surface area contributed by atoms with Crippen molar-refractivity contribution < 1.29 is 24.3 Å². The van der Waals surface area contributed by atoms with Gasteiger partial charge < -0.3 is 37.8 Å². The summed E-state index contributed by atoms with van der Waals surface area (Å²) in [5.74, 6) is -2.07. The SMILES string of the molecule is C=CC(=O)N1C=C(c2ccc(NC(N)=O)cc2)CC(C(=O)O)C1.CN=CN.CNC(=O)c1ccc(N)cc1. The molecule has 12 nitrogen and oxygen atoms in total. The molecule has 9 N–H and O–H groups in total. The van der Waals surface area contributed by atoms with Crippen LogP contribution in [0.3, 0.4) is 0 Å². The normalized spacial score (nSPS) is 14.0. The number of nitrogens with zero attached hydrogens (tertiary/aromatic N) is 2. The van der Waals surface area contributed by atoms with Gasteiger partial charge in [-0.05, 0) is 60.0 Å². The van der Waals surface area contributed by atoms with Gasteiger partial charge in [-0.3, -0.25) is 19.4 Å². The number of carboxylic acid groups (broad SMARTS) is 1. The number of nitrogens with one attached hydrogen (secondary N) is 2. The second kappa shape index (κ2) is 15.8. The van der Waals surface area contributed by atoms with Gasteiger partial charge in [0.15, 0.2) is 0 Å². The summed E-state index contributed by atoms with van der Waals surface area (Å²) >= 11 is 0. The molecule has 0 radical (unpaired) electrons. The van der Waals surface area contributed by atoms with Crippen LogP contribution in [-0.2, 0) is 9.59 Å². The minimum Gasteiger partial charge on any atom is -0.481 e. The standard InChI is InChI=1S/C16H17N3O4.C8H10N2O.C2H6N2/c1-2-14(20)19-8-11(7-12(9-19)15(21)22)10-3-5-13(6-4-10)18-16(17)23;1-10-8(11)6-2-4-7(9)5-3-6;1-4-2-3/h2-6,8,12H,1,7,9H2,(H,21,22)(H3,17,18,23);2-5H,9H2,1H3,(H,10,11);2H,1H3,(H2,3,4). The quantitative estimate of drug-likeness (QED) is 0.148. The van der Waals surface area contributed by atoms with E-state index in [4.69, 9.17) is 17.2 Å². The summed E-state index contributed by atoms with van der Waals surface area (Å²) in [6, 6.07) is 12.9. The highest BCUT2D eigenvalue weighted by Crippen LogP contribution is 2.29. The number of anilines is 2. The molecule has 0 aliphatic carbocycles. The molecule has 4 amide bonds. The van der Waals surface area contributed by atoms with Crippen molar-refractivity contribution in [1.29, 1.82) is 0 Å². The van der Waals surface area contributed by atoms with Gasteiger partial charge in [0.1, 0.15) is 0 Å². The number of amides is 4. The maximum Gasteiger partial charge on any atom is 0.316 e. The Morgan fingerprint density at radius 1 is 1.11 bits per heavy atom. The molecule has 1 atom stereocenters. The molecule has 0 fully saturated rings. The topological polar surface area (TPSA) is 206 Å². The molecular weight excluding hydrogens is 490 g/mol. The molecule has 0 saturated heterocycles. The molecule has 202 valence electrons. The van der Waals surface area contributed by atoms with E-state index in [-0.39, 0.29) is 18.4 Å². The van der Waals surface area contributed by atoms with Gasteiger partial charge in [-0.1, -0.05) is 18.7 Å². The lowest BCUT2D eigenvalue weighted by Crippen LogP contribution is -2.36. The van der Waals surface area contributed by atoms with Crippen LogP contribution < -0.4 is 27.8 Å². The molecule has 1 aliphatic rings. The Kier molecular flexibility index (Phi) is 12.8. The van der Waals surface area contributed by atoms with E-state index >= 15 is 0 Å². The van der Waals surface area contributed by atoms with Crippen LogP contribution in [0.25, 0.3) is 5.57 Å². The van der Waals surface area contributed by atoms with Crippen LogP contribution in [0.4, 0.5) is 16.2 Å². The number of urea groups is 1. The number of primary amides is 1. The van der Waals surface area contributed by atoms with Gasteiger partial charge in [0.2, 0.25) is 5.91 Å². The number of allylic oxidation sites excluding steroid dienone is 1. The van der Waals surface area contributed by atoms with Crippen molar-refractivity contribution in [3.63, 3.8) is 0 Å². The fourth-order valence-corrected chi connectivity index (χ4v) is 3.18. The Morgan fingerprint density at radius 2 is 1.68 bits per heavy atom. The van der Waals surface area contributed by atoms with Crippen molar-refractivity contribution >= 4 is 47.1 Å². The summed E-state index contributed by atoms with van der Waals surface area (Å²) in [6.07, 6.45) is 4.36. The van der Waals surface area contributed by atoms with Crippen LogP contribution in [0.15, 0.2) is 72.4 Å². The van der Waals surface area contributed by atoms with Crippen molar-refractivity contribution in [2.24, 2.45) is 22.4 Å². The zero-order chi connectivity index (χ0) is 28.7. The van der Waals surface area contributed by atoms with E-state index in [1.165, 1.54) is 11.2 Å². The fourth-order valence-electron chi connectivity index (χ4n) is 3.18. The number of carbonyl (C=O) groups excluding carboxylic acids is 3. The Labute approximate surface area is 220 Å². The van der Waals surface area contributed by atoms with E-state index in [1.54, 1.807) is 68.8 Å². The minimum absolute atomic E-state index is 0.0926. The van der Waals surface area contributed by atoms with Crippen molar-refractivity contribution in [3.05, 3.63) is 78.5 Å². The predicted octanol–water partition coefficient (Wildman–Crippen LogP) is 1.87. The van der Waals surface area contributed by atoms with Crippen LogP contribution in [0.1, 0.15) is 22.3 Å². The van der Waals surface area contributed by atoms with Gasteiger partial charge in [-0.2, -0.15) is 0 Å². The van der Waals surface area contributed by atoms with E-state index in [0.717, 1.165) is 17.2 Å². The molecule has 1 heterocycles. The molecule has 0 bridgehead atoms. The van der Waals surface area contributed by atoms with Crippen LogP contribution in [0.5, 0.6) is 0 Å². The number of nitrogens with two attached hydrogens (primary N) is 3. The van der Waals surface area contributed by atoms with E-state index in [0.29, 0.717) is 23.4 Å². The highest BCUT2D eigenvalue weighted by molar-refractivity contribution is 5.94. The lowest BCUT2D eigenvalue weighted by Gasteiger charge is -2.28. The van der Waals surface area contributed by atoms with Gasteiger partial charge >= 0.3 is 12.0 Å². The fraction of sp³-hybridized carbons (Fsp3) is 0.192. The smallest absolute Gasteiger partial charge is 0.316 e. The second-order valence-electron chi connectivity index (χ2n) is 7.76. The highest BCUT2D eigenvalue weighted by Gasteiger charge is 2.28. The first-order valence-corrected chi connectivity index (χ1v) is 11.3. The number of carboxylic acids is 1. The van der Waals surface area contributed by atoms with E-state index < -0.39 is 17.9 Å². The summed E-state index contributed by atoms with van der Waals surface area (Å²) in [7, 11) is 3.22. The first kappa shape index (κ1) is 30.9. The number of rotatable bonds is 5. The molecule has 2 aromatic rings. The monoisotopic (exact) mass is 523 g/mol. The van der Waals surface area contributed by atoms with Crippen LogP contribution >= 0.6 is 0 Å². The molecule has 38 heavy (non-hydrogen) atoms. The molecule has 0 aromatic heterocycles. The number of aliphatic imine (C=N–C) groups is 1. The predicted molar refractivity (Wildman–Crippen MR) is 148 cm³/mol. The largest absolute Gasteiger partial charge is 0.481 e. The van der Waals surface area contributed by atoms with Crippen LogP contribution in [0.2, 0.25) is 0 Å². The first-order valence-electron chi connectivity index (χ1n) is 11.3. The second-order valence-corrected chi connectivity index (χ2v) is 7.76. The molecular formula is C26H33N7O5. The Morgan fingerprint density at radius 3 is 2.13 bits per heavy atom. The lowest BCUT2D eigenvalue weighted by atomic mass is 9.91. The maximum atomic E-state index is 11.8. The molecule has 2 aromatic carbocycles. The summed E-state index contributed by atoms with van der Waals surface area (Å²) in [4.78, 5) is 49.6. The average Bonchev–Trinajstić information content (AvgIpc) is 2.92. The number of hydrogen-bond acceptors (Lipinski definition) is 6. The van der Waals surface area contributed by atoms with Crippen molar-refractivity contribution in [2.75, 3.05) is 31.7 Å². The number of aliphatic carboxylic acids is 1. The maximum absolute atomic E-state index is 11.8. The number of hydrogen-bond donors (Lipinski definition) is 6. The van der Waals surface area contributed by atoms with E-state index in [9.17, 15) is 24.3 Å². The molecule has 3 rings (SSSR count). The van der Waals surface area contributed by atoms with Crippen molar-refractivity contribution in [1.82, 2.24) is 10.2 Å². The summed E-state index contributed by atoms with van der Waals surface area (Å²) in [5.41, 5.74) is 18.5. The van der Waals surface area contributed by atoms with E-state index in [2.05, 4.69) is 22.2 Å². The van der Waals surface area contributed by atoms with Crippen LogP contribution in [-0.4, -0.2) is 60.8 Å². The zero-order valence-corrected chi connectivity index (χ0v) is 21.3. The van der Waals surface area contributed by atoms with Gasteiger partial charge in [0.05, 0.1) is 12.3 Å². The summed E-state index contributed by atoms with van der Waals surface area (Å²) in [5, 5.41) is 14.2. The number of nitrogen functional groups attached to an aromatic ring is 1. The molecule has 0 spiro atoms. The Bertz CT molecular complexity index is 1170. The third kappa shape index (κ3) is 10.2. The van der Waals surface area contributed by atoms with Crippen LogP contribution in [0, 0.1) is 5.92 Å². The van der Waals surface area contributed by atoms with E-state index in [1.807, 2.05) is 0 Å². The summed E-state index contributed by atoms with van der Waals surface area (Å²) < 4.78 is 0. The zero-order valence-electron chi connectivity index (χ0n) is 21.3. The molecule has 1 aliphatic heterocycles. The average molecular weight is 524 g/mol. The Hall–Kier alpha value is -5.13. The lowest BCUT2D eigenvalue weighted by molar-refractivity contribution is -0.142. The van der Waals surface area contributed by atoms with Crippen molar-refractivity contribution in [2.45, 2.75) is 6.42 Å². The Balaban J connectivity index is 0.000000398. The molecule has 12 heteroatoms. The molecule has 1 unspecified atom stereocenters. The third-order valence-corrected chi connectivity index (χ3v) is 5.07. The first-order chi connectivity index (χ1) is 18.1.